The molecule has 0 unspecified atom stereocenters. The first-order chi connectivity index (χ1) is 12.2. The van der Waals surface area contributed by atoms with E-state index in [0.29, 0.717) is 11.0 Å². The quantitative estimate of drug-likeness (QED) is 0.827. The first-order valence-corrected chi connectivity index (χ1v) is 8.30. The third-order valence-electron chi connectivity index (χ3n) is 4.43. The van der Waals surface area contributed by atoms with E-state index in [9.17, 15) is 14.9 Å². The minimum atomic E-state index is -1.02. The summed E-state index contributed by atoms with van der Waals surface area (Å²) in [5.41, 5.74) is 2.15. The van der Waals surface area contributed by atoms with Gasteiger partial charge in [0.15, 0.2) is 6.61 Å². The molecule has 0 radical (unpaired) electrons. The number of esters is 1. The van der Waals surface area contributed by atoms with Gasteiger partial charge in [-0.1, -0.05) is 13.8 Å². The number of aryl methyl sites for hydroxylation is 2. The number of benzene rings is 1. The van der Waals surface area contributed by atoms with Gasteiger partial charge in [0.1, 0.15) is 5.54 Å². The fourth-order valence-corrected chi connectivity index (χ4v) is 2.20. The van der Waals surface area contributed by atoms with Crippen LogP contribution in [0.4, 0.5) is 0 Å². The van der Waals surface area contributed by atoms with Crippen LogP contribution in [0.1, 0.15) is 42.5 Å². The predicted molar refractivity (Wildman–Crippen MR) is 96.3 cm³/mol. The third kappa shape index (κ3) is 4.14. The second-order valence-electron chi connectivity index (χ2n) is 6.69. The first-order valence-electron chi connectivity index (χ1n) is 8.30. The molecule has 1 N–H and O–H groups in total. The Morgan fingerprint density at radius 3 is 2.42 bits per heavy atom. The topological polar surface area (TPSA) is 105 Å². The van der Waals surface area contributed by atoms with E-state index in [1.165, 1.54) is 0 Å². The van der Waals surface area contributed by atoms with Gasteiger partial charge in [0, 0.05) is 0 Å². The van der Waals surface area contributed by atoms with Crippen molar-refractivity contribution in [2.24, 2.45) is 5.92 Å². The zero-order valence-corrected chi connectivity index (χ0v) is 15.6. The largest absolute Gasteiger partial charge is 0.452 e. The Morgan fingerprint density at radius 2 is 1.85 bits per heavy atom. The summed E-state index contributed by atoms with van der Waals surface area (Å²) in [5.74, 6) is -1.24. The molecule has 1 heterocycles. The highest BCUT2D eigenvalue weighted by Gasteiger charge is 2.30. The Labute approximate surface area is 152 Å². The van der Waals surface area contributed by atoms with Gasteiger partial charge in [0.05, 0.1) is 34.1 Å². The molecule has 26 heavy (non-hydrogen) atoms. The second-order valence-corrected chi connectivity index (χ2v) is 6.69. The summed E-state index contributed by atoms with van der Waals surface area (Å²) in [4.78, 5) is 33.0. The molecular weight excluding hydrogens is 332 g/mol. The zero-order valence-electron chi connectivity index (χ0n) is 15.6. The summed E-state index contributed by atoms with van der Waals surface area (Å²) in [6.07, 6.45) is 0. The highest BCUT2D eigenvalue weighted by Crippen LogP contribution is 2.16. The van der Waals surface area contributed by atoms with Crippen molar-refractivity contribution in [3.8, 4) is 6.07 Å². The van der Waals surface area contributed by atoms with Gasteiger partial charge in [0.25, 0.3) is 5.91 Å². The molecule has 1 atom stereocenters. The molecule has 0 aliphatic carbocycles. The molecular formula is C19H22N4O3. The molecule has 0 saturated heterocycles. The standard InChI is InChI=1S/C19H22N4O3/c1-11(2)19(5,10-20)23-17(24)9-26-18(25)14-6-7-15-16(8-14)22-13(4)12(3)21-15/h6-8,11H,9H2,1-5H3,(H,23,24)/t19-/m0/s1. The van der Waals surface area contributed by atoms with Gasteiger partial charge in [-0.2, -0.15) is 5.26 Å². The number of carbonyl (C=O) groups is 2. The number of carbonyl (C=O) groups excluding carboxylic acids is 2. The summed E-state index contributed by atoms with van der Waals surface area (Å²) in [7, 11) is 0. The summed E-state index contributed by atoms with van der Waals surface area (Å²) >= 11 is 0. The molecule has 1 amide bonds. The van der Waals surface area contributed by atoms with E-state index in [1.807, 2.05) is 27.7 Å². The number of rotatable bonds is 5. The van der Waals surface area contributed by atoms with Crippen LogP contribution in [0.5, 0.6) is 0 Å². The van der Waals surface area contributed by atoms with Crippen molar-refractivity contribution in [2.75, 3.05) is 6.61 Å². The molecule has 0 aliphatic rings. The van der Waals surface area contributed by atoms with Crippen LogP contribution in [-0.2, 0) is 9.53 Å². The van der Waals surface area contributed by atoms with Gasteiger partial charge in [-0.05, 0) is 44.9 Å². The number of hydrogen-bond acceptors (Lipinski definition) is 6. The van der Waals surface area contributed by atoms with Crippen molar-refractivity contribution in [3.05, 3.63) is 35.2 Å². The summed E-state index contributed by atoms with van der Waals surface area (Å²) in [5, 5.41) is 11.8. The zero-order chi connectivity index (χ0) is 19.5. The van der Waals surface area contributed by atoms with E-state index in [-0.39, 0.29) is 11.5 Å². The Kier molecular flexibility index (Phi) is 5.56. The van der Waals surface area contributed by atoms with Crippen LogP contribution in [0, 0.1) is 31.1 Å². The molecule has 2 aromatic rings. The molecule has 7 nitrogen and oxygen atoms in total. The van der Waals surface area contributed by atoms with E-state index in [0.717, 1.165) is 11.4 Å². The molecule has 2 rings (SSSR count). The van der Waals surface area contributed by atoms with Crippen LogP contribution in [0.3, 0.4) is 0 Å². The normalized spacial score (nSPS) is 13.1. The summed E-state index contributed by atoms with van der Waals surface area (Å²) in [6.45, 7) is 8.54. The predicted octanol–water partition coefficient (Wildman–Crippen LogP) is 2.46. The van der Waals surface area contributed by atoms with Gasteiger partial charge < -0.3 is 10.1 Å². The van der Waals surface area contributed by atoms with Crippen LogP contribution < -0.4 is 5.32 Å². The Morgan fingerprint density at radius 1 is 1.23 bits per heavy atom. The monoisotopic (exact) mass is 354 g/mol. The van der Waals surface area contributed by atoms with E-state index in [4.69, 9.17) is 4.74 Å². The lowest BCUT2D eigenvalue weighted by Crippen LogP contribution is -2.50. The second kappa shape index (κ2) is 7.48. The number of nitrogens with one attached hydrogen (secondary N) is 1. The Hall–Kier alpha value is -3.01. The van der Waals surface area contributed by atoms with Gasteiger partial charge in [0.2, 0.25) is 0 Å². The van der Waals surface area contributed by atoms with E-state index in [1.54, 1.807) is 25.1 Å². The Balaban J connectivity index is 2.06. The third-order valence-corrected chi connectivity index (χ3v) is 4.43. The average Bonchev–Trinajstić information content (AvgIpc) is 2.60. The first kappa shape index (κ1) is 19.3. The van der Waals surface area contributed by atoms with Crippen molar-refractivity contribution >= 4 is 22.9 Å². The van der Waals surface area contributed by atoms with Gasteiger partial charge in [-0.25, -0.2) is 14.8 Å². The lowest BCUT2D eigenvalue weighted by molar-refractivity contribution is -0.125. The maximum atomic E-state index is 12.2. The Bertz CT molecular complexity index is 902. The number of amides is 1. The SMILES string of the molecule is Cc1nc2ccc(C(=O)OCC(=O)N[C@@](C)(C#N)C(C)C)cc2nc1C. The van der Waals surface area contributed by atoms with Crippen LogP contribution in [0.15, 0.2) is 18.2 Å². The van der Waals surface area contributed by atoms with E-state index < -0.39 is 24.0 Å². The highest BCUT2D eigenvalue weighted by atomic mass is 16.5. The van der Waals surface area contributed by atoms with E-state index in [2.05, 4.69) is 21.4 Å². The summed E-state index contributed by atoms with van der Waals surface area (Å²) in [6, 6.07) is 6.93. The number of nitrogens with zero attached hydrogens (tertiary/aromatic N) is 3. The molecule has 0 aliphatic heterocycles. The van der Waals surface area contributed by atoms with Crippen molar-refractivity contribution in [3.63, 3.8) is 0 Å². The van der Waals surface area contributed by atoms with Crippen molar-refractivity contribution < 1.29 is 14.3 Å². The maximum Gasteiger partial charge on any atom is 0.338 e. The number of nitriles is 1. The molecule has 0 saturated carbocycles. The molecule has 0 spiro atoms. The number of aromatic nitrogens is 2. The van der Waals surface area contributed by atoms with Crippen LogP contribution in [0.25, 0.3) is 11.0 Å². The highest BCUT2D eigenvalue weighted by molar-refractivity contribution is 5.94. The summed E-state index contributed by atoms with van der Waals surface area (Å²) < 4.78 is 5.05. The van der Waals surface area contributed by atoms with Crippen LogP contribution >= 0.6 is 0 Å². The van der Waals surface area contributed by atoms with Crippen molar-refractivity contribution in [1.82, 2.24) is 15.3 Å². The number of fused-ring (bicyclic) bond motifs is 1. The fourth-order valence-electron chi connectivity index (χ4n) is 2.20. The molecule has 0 fully saturated rings. The van der Waals surface area contributed by atoms with Crippen molar-refractivity contribution in [1.29, 1.82) is 5.26 Å². The maximum absolute atomic E-state index is 12.2. The van der Waals surface area contributed by atoms with Crippen LogP contribution in [0.2, 0.25) is 0 Å². The molecule has 136 valence electrons. The van der Waals surface area contributed by atoms with Gasteiger partial charge in [-0.3, -0.25) is 4.79 Å². The van der Waals surface area contributed by atoms with Gasteiger partial charge in [-0.15, -0.1) is 0 Å². The average molecular weight is 354 g/mol. The minimum absolute atomic E-state index is 0.0853. The molecule has 1 aromatic heterocycles. The van der Waals surface area contributed by atoms with Crippen LogP contribution in [-0.4, -0.2) is 34.0 Å². The lowest BCUT2D eigenvalue weighted by atomic mass is 9.90. The number of ether oxygens (including phenoxy) is 1. The fraction of sp³-hybridized carbons (Fsp3) is 0.421. The van der Waals surface area contributed by atoms with E-state index >= 15 is 0 Å². The smallest absolute Gasteiger partial charge is 0.338 e. The lowest BCUT2D eigenvalue weighted by Gasteiger charge is -2.27. The minimum Gasteiger partial charge on any atom is -0.452 e. The number of hydrogen-bond donors (Lipinski definition) is 1. The molecule has 7 heteroatoms. The van der Waals surface area contributed by atoms with Crippen molar-refractivity contribution in [2.45, 2.75) is 40.2 Å². The molecule has 0 bridgehead atoms. The van der Waals surface area contributed by atoms with Gasteiger partial charge >= 0.3 is 5.97 Å². The molecule has 1 aromatic carbocycles.